The van der Waals surface area contributed by atoms with E-state index < -0.39 is 19.8 Å². The molecular formula is C22H20ClN3O3P+. The Kier molecular flexibility index (Phi) is 6.38. The number of allylic oxidation sites excluding steroid dienone is 1. The Hall–Kier alpha value is -2.97. The van der Waals surface area contributed by atoms with Gasteiger partial charge in [0, 0.05) is 23.8 Å². The van der Waals surface area contributed by atoms with E-state index in [1.54, 1.807) is 37.5 Å². The SMILES string of the molecule is CO[C@H](C)c1c(Cl)ccc2[nH]c(C(N)=O)c([P+](=O)c3cc(C)cc(/C=C/C#N)c3)c12. The molecule has 1 heterocycles. The smallest absolute Gasteiger partial charge is 0.377 e. The standard InChI is InChI=1S/C22H19ClN3O3P/c1-12-9-14(5-4-8-24)11-15(10-12)30(28)21-19-17(26-20(21)22(25)27)7-6-16(23)18(19)13(2)29-3/h4-7,9-11,13H,1-3H3,(H2-,25,26,27,28)/p+1/b5-4+/t13-/m1/s1. The zero-order valence-corrected chi connectivity index (χ0v) is 18.3. The van der Waals surface area contributed by atoms with Crippen LogP contribution in [0.25, 0.3) is 17.0 Å². The number of amides is 1. The van der Waals surface area contributed by atoms with Crippen LogP contribution < -0.4 is 16.3 Å². The van der Waals surface area contributed by atoms with E-state index in [0.717, 1.165) is 11.1 Å². The number of primary amides is 1. The van der Waals surface area contributed by atoms with Crippen molar-refractivity contribution in [2.24, 2.45) is 5.73 Å². The van der Waals surface area contributed by atoms with Gasteiger partial charge in [-0.1, -0.05) is 22.2 Å². The highest BCUT2D eigenvalue weighted by Gasteiger charge is 2.36. The molecule has 0 radical (unpaired) electrons. The number of aryl methyl sites for hydroxylation is 1. The van der Waals surface area contributed by atoms with E-state index in [0.29, 0.717) is 32.1 Å². The zero-order valence-electron chi connectivity index (χ0n) is 16.7. The number of nitrogens with one attached hydrogen (secondary N) is 1. The molecule has 0 aliphatic heterocycles. The third kappa shape index (κ3) is 4.01. The molecule has 1 amide bonds. The van der Waals surface area contributed by atoms with Crippen LogP contribution in [0.1, 0.15) is 40.2 Å². The number of halogens is 1. The van der Waals surface area contributed by atoms with E-state index in [4.69, 9.17) is 27.3 Å². The number of nitrogens with zero attached hydrogens (tertiary/aromatic N) is 1. The Balaban J connectivity index is 2.33. The van der Waals surface area contributed by atoms with Crippen molar-refractivity contribution in [2.45, 2.75) is 20.0 Å². The maximum Gasteiger partial charge on any atom is 0.418 e. The minimum Gasteiger partial charge on any atom is -0.377 e. The number of carbonyl (C=O) groups is 1. The second-order valence-electron chi connectivity index (χ2n) is 6.83. The highest BCUT2D eigenvalue weighted by molar-refractivity contribution is 7.62. The van der Waals surface area contributed by atoms with E-state index in [1.807, 2.05) is 26.0 Å². The maximum absolute atomic E-state index is 13.7. The molecule has 2 atom stereocenters. The van der Waals surface area contributed by atoms with Gasteiger partial charge in [-0.05, 0) is 55.3 Å². The minimum absolute atomic E-state index is 0.0774. The molecule has 0 saturated heterocycles. The van der Waals surface area contributed by atoms with Crippen LogP contribution in [0.2, 0.25) is 5.02 Å². The van der Waals surface area contributed by atoms with Crippen molar-refractivity contribution < 1.29 is 14.1 Å². The quantitative estimate of drug-likeness (QED) is 0.441. The number of rotatable bonds is 6. The number of carbonyl (C=O) groups excluding carboxylic acids is 1. The van der Waals surface area contributed by atoms with Gasteiger partial charge in [0.2, 0.25) is 5.30 Å². The molecule has 0 aliphatic rings. The Morgan fingerprint density at radius 3 is 2.73 bits per heavy atom. The molecule has 30 heavy (non-hydrogen) atoms. The summed E-state index contributed by atoms with van der Waals surface area (Å²) in [5, 5.41) is 10.6. The molecule has 1 aromatic heterocycles. The van der Waals surface area contributed by atoms with Crippen molar-refractivity contribution in [1.29, 1.82) is 5.26 Å². The molecule has 0 bridgehead atoms. The molecule has 1 unspecified atom stereocenters. The van der Waals surface area contributed by atoms with Crippen LogP contribution in [0.3, 0.4) is 0 Å². The van der Waals surface area contributed by atoms with Crippen molar-refractivity contribution in [3.63, 3.8) is 0 Å². The van der Waals surface area contributed by atoms with E-state index in [1.165, 1.54) is 6.08 Å². The van der Waals surface area contributed by atoms with Gasteiger partial charge in [0.1, 0.15) is 0 Å². The number of hydrogen-bond donors (Lipinski definition) is 2. The first-order valence-electron chi connectivity index (χ1n) is 9.10. The summed E-state index contributed by atoms with van der Waals surface area (Å²) in [5.41, 5.74) is 8.53. The summed E-state index contributed by atoms with van der Waals surface area (Å²) in [6.07, 6.45) is 2.59. The van der Waals surface area contributed by atoms with Crippen LogP contribution in [0.5, 0.6) is 0 Å². The Morgan fingerprint density at radius 2 is 2.10 bits per heavy atom. The molecule has 3 N–H and O–H groups in total. The molecule has 2 aromatic carbocycles. The number of aromatic amines is 1. The van der Waals surface area contributed by atoms with Crippen LogP contribution in [0.15, 0.2) is 36.4 Å². The maximum atomic E-state index is 13.7. The molecule has 0 fully saturated rings. The molecule has 152 valence electrons. The number of H-pyrrole nitrogens is 1. The fourth-order valence-electron chi connectivity index (χ4n) is 3.44. The molecular weight excluding hydrogens is 421 g/mol. The zero-order chi connectivity index (χ0) is 22.0. The predicted molar refractivity (Wildman–Crippen MR) is 120 cm³/mol. The number of fused-ring (bicyclic) bond motifs is 1. The first-order valence-corrected chi connectivity index (χ1v) is 10.7. The summed E-state index contributed by atoms with van der Waals surface area (Å²) in [5.74, 6) is -0.714. The lowest BCUT2D eigenvalue weighted by atomic mass is 10.1. The lowest BCUT2D eigenvalue weighted by molar-refractivity contribution is 0.0997. The normalized spacial score (nSPS) is 12.8. The molecule has 0 aliphatic carbocycles. The van der Waals surface area contributed by atoms with Crippen LogP contribution >= 0.6 is 19.4 Å². The Morgan fingerprint density at radius 1 is 1.37 bits per heavy atom. The molecule has 8 heteroatoms. The van der Waals surface area contributed by atoms with Crippen molar-refractivity contribution in [3.8, 4) is 6.07 Å². The van der Waals surface area contributed by atoms with E-state index in [2.05, 4.69) is 4.98 Å². The van der Waals surface area contributed by atoms with Crippen molar-refractivity contribution >= 4 is 52.9 Å². The first-order chi connectivity index (χ1) is 14.3. The second kappa shape index (κ2) is 8.81. The number of aromatic nitrogens is 1. The van der Waals surface area contributed by atoms with Crippen LogP contribution in [0.4, 0.5) is 0 Å². The van der Waals surface area contributed by atoms with Crippen LogP contribution in [-0.2, 0) is 9.30 Å². The number of benzene rings is 2. The van der Waals surface area contributed by atoms with Gasteiger partial charge < -0.3 is 15.5 Å². The number of nitriles is 1. The summed E-state index contributed by atoms with van der Waals surface area (Å²) in [6, 6.07) is 10.8. The number of ether oxygens (including phenoxy) is 1. The summed E-state index contributed by atoms with van der Waals surface area (Å²) in [6.45, 7) is 3.70. The van der Waals surface area contributed by atoms with Crippen LogP contribution in [0, 0.1) is 18.3 Å². The van der Waals surface area contributed by atoms with Gasteiger partial charge in [-0.25, -0.2) is 0 Å². The molecule has 0 spiro atoms. The monoisotopic (exact) mass is 440 g/mol. The lowest BCUT2D eigenvalue weighted by Gasteiger charge is -2.13. The highest BCUT2D eigenvalue weighted by atomic mass is 35.5. The fourth-order valence-corrected chi connectivity index (χ4v) is 5.41. The van der Waals surface area contributed by atoms with Crippen molar-refractivity contribution in [1.82, 2.24) is 4.98 Å². The van der Waals surface area contributed by atoms with Gasteiger partial charge in [-0.15, -0.1) is 0 Å². The third-order valence-electron chi connectivity index (χ3n) is 4.80. The third-order valence-corrected chi connectivity index (χ3v) is 6.71. The molecule has 3 rings (SSSR count). The average molecular weight is 441 g/mol. The summed E-state index contributed by atoms with van der Waals surface area (Å²) in [7, 11) is -0.655. The van der Waals surface area contributed by atoms with E-state index in [-0.39, 0.29) is 5.69 Å². The highest BCUT2D eigenvalue weighted by Crippen LogP contribution is 2.37. The molecule has 3 aromatic rings. The summed E-state index contributed by atoms with van der Waals surface area (Å²) < 4.78 is 19.2. The fraction of sp³-hybridized carbons (Fsp3) is 0.182. The predicted octanol–water partition coefficient (Wildman–Crippen LogP) is 4.25. The number of nitrogens with two attached hydrogens (primary N) is 1. The molecule has 6 nitrogen and oxygen atoms in total. The van der Waals surface area contributed by atoms with Crippen LogP contribution in [-0.4, -0.2) is 18.0 Å². The molecule has 0 saturated carbocycles. The van der Waals surface area contributed by atoms with E-state index in [9.17, 15) is 9.36 Å². The number of methoxy groups -OCH3 is 1. The summed E-state index contributed by atoms with van der Waals surface area (Å²) in [4.78, 5) is 15.2. The largest absolute Gasteiger partial charge is 0.418 e. The minimum atomic E-state index is -2.21. The topological polar surface area (TPSA) is 109 Å². The second-order valence-corrected chi connectivity index (χ2v) is 8.79. The van der Waals surface area contributed by atoms with Gasteiger partial charge >= 0.3 is 7.80 Å². The van der Waals surface area contributed by atoms with E-state index >= 15 is 0 Å². The van der Waals surface area contributed by atoms with Crippen molar-refractivity contribution in [2.75, 3.05) is 7.11 Å². The van der Waals surface area contributed by atoms with Crippen molar-refractivity contribution in [3.05, 3.63) is 63.8 Å². The van der Waals surface area contributed by atoms with Gasteiger partial charge in [0.05, 0.1) is 23.1 Å². The Bertz CT molecular complexity index is 1240. The first kappa shape index (κ1) is 21.7. The number of hydrogen-bond acceptors (Lipinski definition) is 4. The average Bonchev–Trinajstić information content (AvgIpc) is 3.10. The Labute approximate surface area is 180 Å². The van der Waals surface area contributed by atoms with Gasteiger partial charge in [0.25, 0.3) is 5.91 Å². The van der Waals surface area contributed by atoms with Gasteiger partial charge in [0.15, 0.2) is 11.0 Å². The summed E-state index contributed by atoms with van der Waals surface area (Å²) >= 11 is 6.45. The lowest BCUT2D eigenvalue weighted by Crippen LogP contribution is -2.21. The van der Waals surface area contributed by atoms with Gasteiger partial charge in [-0.2, -0.15) is 5.26 Å². The van der Waals surface area contributed by atoms with Gasteiger partial charge in [-0.3, -0.25) is 4.79 Å².